The Morgan fingerprint density at radius 2 is 2.11 bits per heavy atom. The molecule has 106 valence electrons. The third kappa shape index (κ3) is 3.37. The Bertz CT molecular complexity index is 407. The van der Waals surface area contributed by atoms with Gasteiger partial charge in [0, 0.05) is 19.1 Å². The Kier molecular flexibility index (Phi) is 4.61. The number of hydrogen-bond donors (Lipinski definition) is 1. The Balaban J connectivity index is 2.15. The van der Waals surface area contributed by atoms with Crippen molar-refractivity contribution in [1.82, 2.24) is 9.97 Å². The zero-order valence-corrected chi connectivity index (χ0v) is 12.6. The molecular weight excluding hydrogens is 236 g/mol. The van der Waals surface area contributed by atoms with Gasteiger partial charge in [0.2, 0.25) is 0 Å². The average Bonchev–Trinajstić information content (AvgIpc) is 2.41. The fraction of sp³-hybridized carbons (Fsp3) is 0.733. The van der Waals surface area contributed by atoms with E-state index in [1.807, 2.05) is 6.20 Å². The van der Waals surface area contributed by atoms with Gasteiger partial charge in [-0.2, -0.15) is 0 Å². The van der Waals surface area contributed by atoms with Gasteiger partial charge in [0.05, 0.1) is 12.4 Å². The smallest absolute Gasteiger partial charge is 0.149 e. The summed E-state index contributed by atoms with van der Waals surface area (Å²) in [6.45, 7) is 11.1. The van der Waals surface area contributed by atoms with Crippen molar-refractivity contribution in [1.29, 1.82) is 0 Å². The first kappa shape index (κ1) is 14.1. The van der Waals surface area contributed by atoms with Crippen LogP contribution >= 0.6 is 0 Å². The van der Waals surface area contributed by atoms with Crippen LogP contribution < -0.4 is 10.2 Å². The summed E-state index contributed by atoms with van der Waals surface area (Å²) in [7, 11) is 0. The number of piperidine rings is 1. The number of nitrogens with one attached hydrogen (secondary N) is 1. The molecule has 1 aromatic heterocycles. The number of nitrogens with zero attached hydrogens (tertiary/aromatic N) is 3. The molecule has 3 unspecified atom stereocenters. The van der Waals surface area contributed by atoms with E-state index >= 15 is 0 Å². The van der Waals surface area contributed by atoms with Gasteiger partial charge < -0.3 is 10.2 Å². The minimum absolute atomic E-state index is 0.534. The molecule has 0 aliphatic carbocycles. The van der Waals surface area contributed by atoms with Crippen LogP contribution in [-0.4, -0.2) is 29.1 Å². The SMILES string of the molecule is CCCNc1cncc(N2CC(C)CC(C)C2C)n1. The molecule has 1 aromatic rings. The van der Waals surface area contributed by atoms with Gasteiger partial charge in [-0.05, 0) is 31.6 Å². The van der Waals surface area contributed by atoms with Gasteiger partial charge in [-0.15, -0.1) is 0 Å². The minimum Gasteiger partial charge on any atom is -0.369 e. The summed E-state index contributed by atoms with van der Waals surface area (Å²) in [5, 5.41) is 3.31. The molecule has 0 saturated carbocycles. The van der Waals surface area contributed by atoms with Crippen molar-refractivity contribution in [3.05, 3.63) is 12.4 Å². The lowest BCUT2D eigenvalue weighted by Crippen LogP contribution is -2.46. The molecule has 0 amide bonds. The zero-order chi connectivity index (χ0) is 13.8. The van der Waals surface area contributed by atoms with Crippen molar-refractivity contribution >= 4 is 11.6 Å². The summed E-state index contributed by atoms with van der Waals surface area (Å²) in [5.41, 5.74) is 0. The van der Waals surface area contributed by atoms with Gasteiger partial charge in [-0.1, -0.05) is 20.8 Å². The lowest BCUT2D eigenvalue weighted by molar-refractivity contribution is 0.295. The van der Waals surface area contributed by atoms with E-state index in [0.717, 1.165) is 37.1 Å². The van der Waals surface area contributed by atoms with Crippen LogP contribution in [0.1, 0.15) is 40.5 Å². The van der Waals surface area contributed by atoms with Crippen LogP contribution in [0.4, 0.5) is 11.6 Å². The van der Waals surface area contributed by atoms with E-state index in [0.29, 0.717) is 12.0 Å². The lowest BCUT2D eigenvalue weighted by atomic mass is 9.86. The number of rotatable bonds is 4. The molecule has 2 rings (SSSR count). The van der Waals surface area contributed by atoms with Crippen LogP contribution in [0.3, 0.4) is 0 Å². The molecule has 4 nitrogen and oxygen atoms in total. The molecule has 1 N–H and O–H groups in total. The van der Waals surface area contributed by atoms with Crippen LogP contribution in [0.2, 0.25) is 0 Å². The summed E-state index contributed by atoms with van der Waals surface area (Å²) < 4.78 is 0. The number of hydrogen-bond acceptors (Lipinski definition) is 4. The molecule has 1 fully saturated rings. The van der Waals surface area contributed by atoms with E-state index in [9.17, 15) is 0 Å². The second-order valence-electron chi connectivity index (χ2n) is 5.90. The highest BCUT2D eigenvalue weighted by molar-refractivity contribution is 5.45. The van der Waals surface area contributed by atoms with E-state index < -0.39 is 0 Å². The van der Waals surface area contributed by atoms with Crippen molar-refractivity contribution in [3.8, 4) is 0 Å². The first-order valence-corrected chi connectivity index (χ1v) is 7.44. The van der Waals surface area contributed by atoms with Crippen molar-refractivity contribution < 1.29 is 0 Å². The monoisotopic (exact) mass is 262 g/mol. The average molecular weight is 262 g/mol. The molecule has 1 aliphatic heterocycles. The predicted molar refractivity (Wildman–Crippen MR) is 80.6 cm³/mol. The molecule has 2 heterocycles. The third-order valence-corrected chi connectivity index (χ3v) is 4.07. The van der Waals surface area contributed by atoms with E-state index in [-0.39, 0.29) is 0 Å². The molecule has 1 aliphatic rings. The van der Waals surface area contributed by atoms with Crippen molar-refractivity contribution in [2.24, 2.45) is 11.8 Å². The van der Waals surface area contributed by atoms with E-state index in [2.05, 4.69) is 42.9 Å². The molecule has 3 atom stereocenters. The number of anilines is 2. The molecule has 0 bridgehead atoms. The Morgan fingerprint density at radius 1 is 1.32 bits per heavy atom. The summed E-state index contributed by atoms with van der Waals surface area (Å²) in [5.74, 6) is 3.32. The molecule has 19 heavy (non-hydrogen) atoms. The molecule has 1 saturated heterocycles. The minimum atomic E-state index is 0.534. The second-order valence-corrected chi connectivity index (χ2v) is 5.90. The fourth-order valence-electron chi connectivity index (χ4n) is 2.85. The Hall–Kier alpha value is -1.32. The molecule has 0 aromatic carbocycles. The van der Waals surface area contributed by atoms with E-state index in [1.165, 1.54) is 6.42 Å². The maximum absolute atomic E-state index is 4.71. The lowest BCUT2D eigenvalue weighted by Gasteiger charge is -2.41. The van der Waals surface area contributed by atoms with Gasteiger partial charge in [0.1, 0.15) is 11.6 Å². The van der Waals surface area contributed by atoms with Crippen LogP contribution in [0.15, 0.2) is 12.4 Å². The van der Waals surface area contributed by atoms with Crippen LogP contribution in [0, 0.1) is 11.8 Å². The molecule has 0 spiro atoms. The Morgan fingerprint density at radius 3 is 2.84 bits per heavy atom. The maximum Gasteiger partial charge on any atom is 0.149 e. The van der Waals surface area contributed by atoms with Crippen LogP contribution in [-0.2, 0) is 0 Å². The van der Waals surface area contributed by atoms with Gasteiger partial charge in [0.25, 0.3) is 0 Å². The van der Waals surface area contributed by atoms with Gasteiger partial charge in [0.15, 0.2) is 0 Å². The van der Waals surface area contributed by atoms with Crippen molar-refractivity contribution in [2.45, 2.75) is 46.6 Å². The summed E-state index contributed by atoms with van der Waals surface area (Å²) in [6, 6.07) is 0.534. The first-order valence-electron chi connectivity index (χ1n) is 7.44. The van der Waals surface area contributed by atoms with Crippen LogP contribution in [0.5, 0.6) is 0 Å². The van der Waals surface area contributed by atoms with E-state index in [1.54, 1.807) is 6.20 Å². The first-order chi connectivity index (χ1) is 9.11. The third-order valence-electron chi connectivity index (χ3n) is 4.07. The highest BCUT2D eigenvalue weighted by atomic mass is 15.2. The van der Waals surface area contributed by atoms with Crippen molar-refractivity contribution in [2.75, 3.05) is 23.3 Å². The second kappa shape index (κ2) is 6.22. The summed E-state index contributed by atoms with van der Waals surface area (Å²) >= 11 is 0. The number of aromatic nitrogens is 2. The highest BCUT2D eigenvalue weighted by Gasteiger charge is 2.29. The fourth-order valence-corrected chi connectivity index (χ4v) is 2.85. The largest absolute Gasteiger partial charge is 0.369 e. The van der Waals surface area contributed by atoms with Gasteiger partial charge in [-0.3, -0.25) is 4.98 Å². The van der Waals surface area contributed by atoms with Crippen molar-refractivity contribution in [3.63, 3.8) is 0 Å². The molecular formula is C15H26N4. The molecule has 0 radical (unpaired) electrons. The highest BCUT2D eigenvalue weighted by Crippen LogP contribution is 2.30. The van der Waals surface area contributed by atoms with Gasteiger partial charge >= 0.3 is 0 Å². The van der Waals surface area contributed by atoms with Crippen LogP contribution in [0.25, 0.3) is 0 Å². The van der Waals surface area contributed by atoms with Gasteiger partial charge in [-0.25, -0.2) is 4.98 Å². The topological polar surface area (TPSA) is 41.1 Å². The quantitative estimate of drug-likeness (QED) is 0.905. The van der Waals surface area contributed by atoms with E-state index in [4.69, 9.17) is 4.98 Å². The zero-order valence-electron chi connectivity index (χ0n) is 12.6. The Labute approximate surface area is 116 Å². The summed E-state index contributed by atoms with van der Waals surface area (Å²) in [4.78, 5) is 11.4. The normalized spacial score (nSPS) is 27.4. The summed E-state index contributed by atoms with van der Waals surface area (Å²) in [6.07, 6.45) is 6.10. The standard InChI is InChI=1S/C15H26N4/c1-5-6-17-14-8-16-9-15(18-14)19-10-11(2)7-12(3)13(19)4/h8-9,11-13H,5-7,10H2,1-4H3,(H,17,18). The predicted octanol–water partition coefficient (Wildman–Crippen LogP) is 3.17. The molecule has 4 heteroatoms. The maximum atomic E-state index is 4.71.